The predicted molar refractivity (Wildman–Crippen MR) is 47.8 cm³/mol. The minimum absolute atomic E-state index is 0.459. The minimum Gasteiger partial charge on any atom is -0.321 e. The lowest BCUT2D eigenvalue weighted by atomic mass is 10.2. The van der Waals surface area contributed by atoms with Crippen LogP contribution in [0.5, 0.6) is 0 Å². The molecule has 0 radical (unpaired) electrons. The van der Waals surface area contributed by atoms with E-state index in [1.165, 1.54) is 11.4 Å². The third kappa shape index (κ3) is 5.33. The maximum atomic E-state index is 11.2. The Kier molecular flexibility index (Phi) is 4.66. The van der Waals surface area contributed by atoms with Crippen molar-refractivity contribution in [1.29, 1.82) is 0 Å². The highest BCUT2D eigenvalue weighted by atomic mass is 32.7. The summed E-state index contributed by atoms with van der Waals surface area (Å²) in [5.41, 5.74) is 0. The van der Waals surface area contributed by atoms with E-state index in [4.69, 9.17) is 4.52 Å². The van der Waals surface area contributed by atoms with Gasteiger partial charge in [-0.1, -0.05) is 25.2 Å². The molecule has 0 aromatic carbocycles. The summed E-state index contributed by atoms with van der Waals surface area (Å²) >= 11 is 1.30. The van der Waals surface area contributed by atoms with Crippen LogP contribution in [0.2, 0.25) is 0 Å². The number of hydrogen-bond acceptors (Lipinski definition) is 3. The van der Waals surface area contributed by atoms with Crippen molar-refractivity contribution >= 4 is 18.0 Å². The van der Waals surface area contributed by atoms with Crippen molar-refractivity contribution in [3.05, 3.63) is 0 Å². The van der Waals surface area contributed by atoms with Gasteiger partial charge < -0.3 is 4.52 Å². The minimum atomic E-state index is -2.31. The van der Waals surface area contributed by atoms with Gasteiger partial charge in [-0.3, -0.25) is 4.57 Å². The van der Waals surface area contributed by atoms with Gasteiger partial charge in [0, 0.05) is 6.66 Å². The zero-order chi connectivity index (χ0) is 8.20. The number of rotatable bonds is 4. The Bertz CT molecular complexity index is 136. The average molecular weight is 182 g/mol. The normalized spacial score (nSPS) is 17.3. The molecule has 4 heteroatoms. The van der Waals surface area contributed by atoms with Crippen molar-refractivity contribution in [2.24, 2.45) is 5.92 Å². The van der Waals surface area contributed by atoms with E-state index in [0.717, 1.165) is 0 Å². The molecule has 0 aliphatic heterocycles. The van der Waals surface area contributed by atoms with Crippen LogP contribution in [0.25, 0.3) is 0 Å². The molecule has 1 unspecified atom stereocenters. The summed E-state index contributed by atoms with van der Waals surface area (Å²) < 4.78 is 16.4. The molecule has 0 aromatic rings. The van der Waals surface area contributed by atoms with Crippen LogP contribution in [0.3, 0.4) is 0 Å². The van der Waals surface area contributed by atoms with Crippen LogP contribution in [0, 0.1) is 5.92 Å². The molecule has 0 aliphatic rings. The topological polar surface area (TPSA) is 26.3 Å². The monoisotopic (exact) mass is 182 g/mol. The Morgan fingerprint density at radius 3 is 2.40 bits per heavy atom. The quantitative estimate of drug-likeness (QED) is 0.625. The highest BCUT2D eigenvalue weighted by Crippen LogP contribution is 2.54. The van der Waals surface area contributed by atoms with Crippen LogP contribution in [-0.4, -0.2) is 19.5 Å². The lowest BCUT2D eigenvalue weighted by molar-refractivity contribution is 0.282. The summed E-state index contributed by atoms with van der Waals surface area (Å²) in [6.45, 7) is 4.02. The summed E-state index contributed by atoms with van der Waals surface area (Å²) in [7, 11) is 0. The van der Waals surface area contributed by atoms with Gasteiger partial charge in [0.2, 0.25) is 0 Å². The maximum Gasteiger partial charge on any atom is 0.254 e. The molecule has 10 heavy (non-hydrogen) atoms. The summed E-state index contributed by atoms with van der Waals surface area (Å²) in [5, 5.41) is 0. The van der Waals surface area contributed by atoms with Gasteiger partial charge in [-0.05, 0) is 12.2 Å². The molecule has 0 rings (SSSR count). The summed E-state index contributed by atoms with van der Waals surface area (Å²) in [6.07, 6.45) is 1.81. The van der Waals surface area contributed by atoms with Crippen LogP contribution in [0.15, 0.2) is 0 Å². The van der Waals surface area contributed by atoms with E-state index in [9.17, 15) is 4.57 Å². The van der Waals surface area contributed by atoms with Crippen LogP contribution in [-0.2, 0) is 9.09 Å². The van der Waals surface area contributed by atoms with Crippen LogP contribution < -0.4 is 0 Å². The summed E-state index contributed by atoms with van der Waals surface area (Å²) in [5.74, 6) is 0.459. The first-order valence-electron chi connectivity index (χ1n) is 3.25. The Labute approximate surface area is 66.9 Å². The van der Waals surface area contributed by atoms with E-state index in [-0.39, 0.29) is 0 Å². The fourth-order valence-electron chi connectivity index (χ4n) is 0.337. The fraction of sp³-hybridized carbons (Fsp3) is 1.00. The van der Waals surface area contributed by atoms with Gasteiger partial charge in [0.15, 0.2) is 0 Å². The Morgan fingerprint density at radius 1 is 1.60 bits per heavy atom. The Morgan fingerprint density at radius 2 is 2.10 bits per heavy atom. The predicted octanol–water partition coefficient (Wildman–Crippen LogP) is 2.84. The molecule has 0 spiro atoms. The van der Waals surface area contributed by atoms with Crippen LogP contribution in [0.4, 0.5) is 0 Å². The molecular formula is C6H15O2PS. The van der Waals surface area contributed by atoms with Crippen molar-refractivity contribution < 1.29 is 9.09 Å². The van der Waals surface area contributed by atoms with Crippen molar-refractivity contribution in [2.45, 2.75) is 13.8 Å². The summed E-state index contributed by atoms with van der Waals surface area (Å²) in [4.78, 5) is 0. The number of hydrogen-bond donors (Lipinski definition) is 0. The molecule has 2 nitrogen and oxygen atoms in total. The Balaban J connectivity index is 3.58. The molecule has 0 bridgehead atoms. The Hall–Kier alpha value is 0.540. The molecule has 0 N–H and O–H groups in total. The molecule has 1 atom stereocenters. The molecular weight excluding hydrogens is 167 g/mol. The van der Waals surface area contributed by atoms with Gasteiger partial charge in [0.25, 0.3) is 6.57 Å². The fourth-order valence-corrected chi connectivity index (χ4v) is 1.51. The van der Waals surface area contributed by atoms with Crippen LogP contribution in [0.1, 0.15) is 13.8 Å². The summed E-state index contributed by atoms with van der Waals surface area (Å²) in [6, 6.07) is 0. The van der Waals surface area contributed by atoms with Gasteiger partial charge in [0.1, 0.15) is 0 Å². The van der Waals surface area contributed by atoms with E-state index in [1.54, 1.807) is 12.9 Å². The first kappa shape index (κ1) is 10.5. The van der Waals surface area contributed by atoms with Gasteiger partial charge in [-0.25, -0.2) is 0 Å². The van der Waals surface area contributed by atoms with Gasteiger partial charge in [0.05, 0.1) is 6.61 Å². The zero-order valence-electron chi connectivity index (χ0n) is 6.96. The third-order valence-corrected chi connectivity index (χ3v) is 4.56. The van der Waals surface area contributed by atoms with Crippen molar-refractivity contribution in [3.63, 3.8) is 0 Å². The molecule has 62 valence electrons. The van der Waals surface area contributed by atoms with E-state index in [1.807, 2.05) is 13.8 Å². The van der Waals surface area contributed by atoms with Crippen molar-refractivity contribution in [1.82, 2.24) is 0 Å². The van der Waals surface area contributed by atoms with E-state index >= 15 is 0 Å². The average Bonchev–Trinajstić information content (AvgIpc) is 1.85. The van der Waals surface area contributed by atoms with Gasteiger partial charge in [-0.15, -0.1) is 0 Å². The second kappa shape index (κ2) is 4.42. The van der Waals surface area contributed by atoms with Gasteiger partial charge in [-0.2, -0.15) is 0 Å². The first-order chi connectivity index (χ1) is 4.48. The first-order valence-corrected chi connectivity index (χ1v) is 7.16. The highest BCUT2D eigenvalue weighted by molar-refractivity contribution is 8.56. The molecule has 0 aliphatic carbocycles. The lowest BCUT2D eigenvalue weighted by Crippen LogP contribution is -1.97. The van der Waals surface area contributed by atoms with E-state index < -0.39 is 6.57 Å². The highest BCUT2D eigenvalue weighted by Gasteiger charge is 2.13. The standard InChI is InChI=1S/C6H15O2PS/c1-6(2)5-8-9(3,7)10-4/h6H,5H2,1-4H3. The van der Waals surface area contributed by atoms with Crippen molar-refractivity contribution in [2.75, 3.05) is 19.5 Å². The van der Waals surface area contributed by atoms with E-state index in [0.29, 0.717) is 12.5 Å². The smallest absolute Gasteiger partial charge is 0.254 e. The van der Waals surface area contributed by atoms with Crippen LogP contribution >= 0.6 is 18.0 Å². The zero-order valence-corrected chi connectivity index (χ0v) is 8.67. The molecule has 0 heterocycles. The molecule has 0 aromatic heterocycles. The molecule has 0 saturated heterocycles. The second-order valence-corrected chi connectivity index (χ2v) is 7.89. The van der Waals surface area contributed by atoms with E-state index in [2.05, 4.69) is 0 Å². The lowest BCUT2D eigenvalue weighted by Gasteiger charge is -2.11. The molecule has 0 amide bonds. The largest absolute Gasteiger partial charge is 0.321 e. The second-order valence-electron chi connectivity index (χ2n) is 2.64. The molecule has 0 fully saturated rings. The maximum absolute atomic E-state index is 11.2. The molecule has 0 saturated carbocycles. The van der Waals surface area contributed by atoms with Crippen molar-refractivity contribution in [3.8, 4) is 0 Å². The third-order valence-electron chi connectivity index (χ3n) is 0.974. The SMILES string of the molecule is CSP(C)(=O)OCC(C)C. The van der Waals surface area contributed by atoms with Gasteiger partial charge >= 0.3 is 0 Å².